The fourth-order valence-electron chi connectivity index (χ4n) is 3.68. The number of hydrogen-bond donors (Lipinski definition) is 0. The van der Waals surface area contributed by atoms with Crippen molar-refractivity contribution in [2.75, 3.05) is 26.0 Å². The van der Waals surface area contributed by atoms with Crippen molar-refractivity contribution in [1.82, 2.24) is 24.2 Å². The number of carbonyl (C=O) groups is 1. The van der Waals surface area contributed by atoms with E-state index in [-0.39, 0.29) is 12.3 Å². The molecule has 1 saturated heterocycles. The minimum absolute atomic E-state index is 0.0266. The molecule has 0 amide bonds. The van der Waals surface area contributed by atoms with Crippen LogP contribution >= 0.6 is 11.6 Å². The molecule has 30 heavy (non-hydrogen) atoms. The zero-order valence-electron chi connectivity index (χ0n) is 16.6. The van der Waals surface area contributed by atoms with Crippen LogP contribution in [-0.4, -0.2) is 76.6 Å². The van der Waals surface area contributed by atoms with Crippen LogP contribution in [0.2, 0.25) is 5.02 Å². The van der Waals surface area contributed by atoms with Crippen LogP contribution in [0.4, 0.5) is 0 Å². The molecule has 2 fully saturated rings. The van der Waals surface area contributed by atoms with Gasteiger partial charge < -0.3 is 4.74 Å². The molecule has 2 heterocycles. The average molecular weight is 454 g/mol. The molecular weight excluding hydrogens is 430 g/mol. The fourth-order valence-corrected chi connectivity index (χ4v) is 5.38. The molecule has 0 radical (unpaired) electrons. The number of sulfonamides is 1. The van der Waals surface area contributed by atoms with Gasteiger partial charge in [-0.2, -0.15) is 4.31 Å². The van der Waals surface area contributed by atoms with Gasteiger partial charge >= 0.3 is 5.97 Å². The van der Waals surface area contributed by atoms with Crippen LogP contribution in [0.3, 0.4) is 0 Å². The predicted molar refractivity (Wildman–Crippen MR) is 110 cm³/mol. The number of ether oxygens (including phenoxy) is 1. The minimum atomic E-state index is -3.66. The van der Waals surface area contributed by atoms with E-state index in [9.17, 15) is 13.2 Å². The largest absolute Gasteiger partial charge is 0.468 e. The van der Waals surface area contributed by atoms with Crippen LogP contribution in [0, 0.1) is 0 Å². The van der Waals surface area contributed by atoms with E-state index in [0.717, 1.165) is 18.4 Å². The lowest BCUT2D eigenvalue weighted by atomic mass is 10.2. The Morgan fingerprint density at radius 2 is 1.97 bits per heavy atom. The van der Waals surface area contributed by atoms with Crippen molar-refractivity contribution in [1.29, 1.82) is 0 Å². The first kappa shape index (κ1) is 21.2. The van der Waals surface area contributed by atoms with Crippen LogP contribution in [0.25, 0.3) is 0 Å². The van der Waals surface area contributed by atoms with E-state index in [2.05, 4.69) is 15.2 Å². The maximum Gasteiger partial charge on any atom is 0.325 e. The molecule has 2 aliphatic rings. The second kappa shape index (κ2) is 8.62. The summed E-state index contributed by atoms with van der Waals surface area (Å²) in [6, 6.07) is 6.83. The number of rotatable bonds is 6. The maximum absolute atomic E-state index is 13.0. The van der Waals surface area contributed by atoms with E-state index in [4.69, 9.17) is 16.3 Å². The van der Waals surface area contributed by atoms with Gasteiger partial charge in [-0.05, 0) is 30.5 Å². The van der Waals surface area contributed by atoms with Crippen molar-refractivity contribution < 1.29 is 17.9 Å². The van der Waals surface area contributed by atoms with Gasteiger partial charge in [-0.15, -0.1) is 5.10 Å². The van der Waals surface area contributed by atoms with E-state index in [1.54, 1.807) is 23.0 Å². The van der Waals surface area contributed by atoms with Gasteiger partial charge in [0.15, 0.2) is 0 Å². The van der Waals surface area contributed by atoms with Crippen molar-refractivity contribution in [3.8, 4) is 0 Å². The molecule has 0 spiro atoms. The van der Waals surface area contributed by atoms with Crippen molar-refractivity contribution in [3.63, 3.8) is 0 Å². The van der Waals surface area contributed by atoms with Gasteiger partial charge in [0, 0.05) is 24.2 Å². The van der Waals surface area contributed by atoms with E-state index >= 15 is 0 Å². The molecule has 1 aliphatic heterocycles. The van der Waals surface area contributed by atoms with Gasteiger partial charge in [0.25, 0.3) is 0 Å². The fraction of sp³-hybridized carbons (Fsp3) is 0.526. The van der Waals surface area contributed by atoms with Crippen LogP contribution < -0.4 is 0 Å². The molecule has 1 aromatic heterocycles. The number of aromatic nitrogens is 3. The van der Waals surface area contributed by atoms with E-state index < -0.39 is 22.0 Å². The summed E-state index contributed by atoms with van der Waals surface area (Å²) in [6.45, 7) is 1.20. The molecule has 4 rings (SSSR count). The Kier molecular flexibility index (Phi) is 6.10. The first-order chi connectivity index (χ1) is 14.4. The number of esters is 1. The quantitative estimate of drug-likeness (QED) is 0.604. The Labute approximate surface area is 180 Å². The zero-order valence-corrected chi connectivity index (χ0v) is 18.2. The molecule has 2 aromatic rings. The molecule has 1 saturated carbocycles. The van der Waals surface area contributed by atoms with Gasteiger partial charge in [0.2, 0.25) is 10.0 Å². The molecule has 162 valence electrons. The molecule has 0 N–H and O–H groups in total. The Morgan fingerprint density at radius 1 is 1.23 bits per heavy atom. The summed E-state index contributed by atoms with van der Waals surface area (Å²) in [5, 5.41) is 8.87. The highest BCUT2D eigenvalue weighted by Crippen LogP contribution is 2.30. The third kappa shape index (κ3) is 4.83. The predicted octanol–water partition coefficient (Wildman–Crippen LogP) is 1.13. The summed E-state index contributed by atoms with van der Waals surface area (Å²) in [4.78, 5) is 14.5. The van der Waals surface area contributed by atoms with Crippen LogP contribution in [0.1, 0.15) is 24.1 Å². The van der Waals surface area contributed by atoms with Crippen LogP contribution in [-0.2, 0) is 32.6 Å². The Hall–Kier alpha value is -2.01. The highest BCUT2D eigenvalue weighted by molar-refractivity contribution is 7.89. The molecular formula is C19H24ClN5O4S. The summed E-state index contributed by atoms with van der Waals surface area (Å²) < 4.78 is 33.7. The van der Waals surface area contributed by atoms with Crippen molar-refractivity contribution in [2.24, 2.45) is 0 Å². The number of nitrogens with zero attached hydrogens (tertiary/aromatic N) is 5. The number of carbonyl (C=O) groups excluding carboxylic acids is 1. The van der Waals surface area contributed by atoms with E-state index in [0.29, 0.717) is 36.4 Å². The molecule has 1 aromatic carbocycles. The number of methoxy groups -OCH3 is 1. The number of hydrogen-bond acceptors (Lipinski definition) is 7. The summed E-state index contributed by atoms with van der Waals surface area (Å²) in [5.41, 5.74) is 1.46. The standard InChI is InChI=1S/C19H24ClN5O4S/c1-29-19(26)18-13-23(17-6-7-17)8-9-30(27,28)25(18)12-16-11-24(22-21-16)10-14-2-4-15(20)5-3-14/h2-5,11,17-18H,6-10,12-13H2,1H3. The Balaban J connectivity index is 1.53. The van der Waals surface area contributed by atoms with Crippen molar-refractivity contribution in [2.45, 2.75) is 38.0 Å². The molecule has 1 aliphatic carbocycles. The normalized spacial score (nSPS) is 22.5. The van der Waals surface area contributed by atoms with Gasteiger partial charge in [0.1, 0.15) is 6.04 Å². The first-order valence-electron chi connectivity index (χ1n) is 9.80. The van der Waals surface area contributed by atoms with E-state index in [1.165, 1.54) is 11.4 Å². The minimum Gasteiger partial charge on any atom is -0.468 e. The lowest BCUT2D eigenvalue weighted by molar-refractivity contribution is -0.145. The third-order valence-corrected chi connectivity index (χ3v) is 7.50. The van der Waals surface area contributed by atoms with Gasteiger partial charge in [-0.25, -0.2) is 13.1 Å². The van der Waals surface area contributed by atoms with Gasteiger partial charge in [-0.1, -0.05) is 28.9 Å². The topological polar surface area (TPSA) is 97.6 Å². The third-order valence-electron chi connectivity index (χ3n) is 5.45. The molecule has 1 unspecified atom stereocenters. The van der Waals surface area contributed by atoms with Crippen molar-refractivity contribution >= 4 is 27.6 Å². The lowest BCUT2D eigenvalue weighted by Gasteiger charge is -2.27. The lowest BCUT2D eigenvalue weighted by Crippen LogP contribution is -2.48. The van der Waals surface area contributed by atoms with E-state index in [1.807, 2.05) is 12.1 Å². The average Bonchev–Trinajstić information content (AvgIpc) is 3.49. The van der Waals surface area contributed by atoms with Crippen molar-refractivity contribution in [3.05, 3.63) is 46.7 Å². The molecule has 0 bridgehead atoms. The monoisotopic (exact) mass is 453 g/mol. The highest BCUT2D eigenvalue weighted by atomic mass is 35.5. The van der Waals surface area contributed by atoms with Crippen LogP contribution in [0.5, 0.6) is 0 Å². The Bertz CT molecular complexity index is 1010. The smallest absolute Gasteiger partial charge is 0.325 e. The maximum atomic E-state index is 13.0. The molecule has 1 atom stereocenters. The number of benzene rings is 1. The SMILES string of the molecule is COC(=O)C1CN(C2CC2)CCS(=O)(=O)N1Cc1cn(Cc2ccc(Cl)cc2)nn1. The summed E-state index contributed by atoms with van der Waals surface area (Å²) in [6.07, 6.45) is 3.77. The Morgan fingerprint density at radius 3 is 2.63 bits per heavy atom. The summed E-state index contributed by atoms with van der Waals surface area (Å²) in [7, 11) is -2.38. The second-order valence-corrected chi connectivity index (χ2v) is 10.1. The molecule has 9 nitrogen and oxygen atoms in total. The summed E-state index contributed by atoms with van der Waals surface area (Å²) in [5.74, 6) is -0.588. The van der Waals surface area contributed by atoms with Gasteiger partial charge in [0.05, 0.1) is 37.8 Å². The molecule has 11 heteroatoms. The summed E-state index contributed by atoms with van der Waals surface area (Å²) >= 11 is 5.91. The second-order valence-electron chi connectivity index (χ2n) is 7.66. The van der Waals surface area contributed by atoms with Gasteiger partial charge in [-0.3, -0.25) is 9.69 Å². The first-order valence-corrected chi connectivity index (χ1v) is 11.8. The number of halogens is 1. The zero-order chi connectivity index (χ0) is 21.3. The van der Waals surface area contributed by atoms with Crippen LogP contribution in [0.15, 0.2) is 30.5 Å². The highest BCUT2D eigenvalue weighted by Gasteiger charge is 2.43.